The molecule has 0 spiro atoms. The highest BCUT2D eigenvalue weighted by molar-refractivity contribution is 5.74. The maximum atomic E-state index is 10.9. The largest absolute Gasteiger partial charge is 0.490 e. The molecule has 0 saturated heterocycles. The fourth-order valence-electron chi connectivity index (χ4n) is 2.03. The number of hydrogen-bond donors (Lipinski definition) is 0. The zero-order chi connectivity index (χ0) is 12.4. The minimum absolute atomic E-state index is 0.615. The topological polar surface area (TPSA) is 40.5 Å². The van der Waals surface area contributed by atoms with Crippen LogP contribution < -0.4 is 9.47 Å². The Morgan fingerprint density at radius 3 is 2.78 bits per heavy atom. The third-order valence-electron chi connectivity index (χ3n) is 2.91. The van der Waals surface area contributed by atoms with Gasteiger partial charge in [-0.1, -0.05) is 0 Å². The molecule has 1 aromatic carbocycles. The number of carbonyl (C=O) groups is 1. The second-order valence-electron chi connectivity index (χ2n) is 4.10. The molecule has 0 radical (unpaired) electrons. The number of hydrogen-bond acceptors (Lipinski definition) is 3. The van der Waals surface area contributed by atoms with Crippen LogP contribution in [0.3, 0.4) is 0 Å². The van der Waals surface area contributed by atoms with Crippen LogP contribution in [-0.4, -0.2) is 24.1 Å². The first kappa shape index (κ1) is 10.9. The number of fused-ring (bicyclic) bond motifs is 1. The first-order valence-electron chi connectivity index (χ1n) is 5.91. The van der Waals surface area contributed by atoms with Crippen molar-refractivity contribution >= 4 is 6.29 Å². The lowest BCUT2D eigenvalue weighted by Crippen LogP contribution is -1.99. The normalized spacial score (nSPS) is 14.0. The summed E-state index contributed by atoms with van der Waals surface area (Å²) >= 11 is 0. The SMILES string of the molecule is O=Cc1cccn1-c1ccc2c(c1)OCCCO2. The third kappa shape index (κ3) is 1.86. The third-order valence-corrected chi connectivity index (χ3v) is 2.91. The van der Waals surface area contributed by atoms with Crippen molar-refractivity contribution in [3.8, 4) is 17.2 Å². The van der Waals surface area contributed by atoms with Crippen LogP contribution in [-0.2, 0) is 0 Å². The Morgan fingerprint density at radius 2 is 1.94 bits per heavy atom. The van der Waals surface area contributed by atoms with Gasteiger partial charge >= 0.3 is 0 Å². The van der Waals surface area contributed by atoms with E-state index in [1.807, 2.05) is 35.0 Å². The molecular weight excluding hydrogens is 230 g/mol. The Bertz CT molecular complexity index is 574. The Kier molecular flexibility index (Phi) is 2.76. The zero-order valence-electron chi connectivity index (χ0n) is 9.83. The number of nitrogens with zero attached hydrogens (tertiary/aromatic N) is 1. The van der Waals surface area contributed by atoms with Gasteiger partial charge in [-0.05, 0) is 24.3 Å². The van der Waals surface area contributed by atoms with Crippen molar-refractivity contribution in [1.29, 1.82) is 0 Å². The number of ether oxygens (including phenoxy) is 2. The van der Waals surface area contributed by atoms with E-state index in [1.54, 1.807) is 6.07 Å². The summed E-state index contributed by atoms with van der Waals surface area (Å²) in [6.45, 7) is 1.33. The predicted molar refractivity (Wildman–Crippen MR) is 66.8 cm³/mol. The smallest absolute Gasteiger partial charge is 0.166 e. The van der Waals surface area contributed by atoms with Crippen LogP contribution in [0.25, 0.3) is 5.69 Å². The van der Waals surface area contributed by atoms with Crippen LogP contribution in [0.4, 0.5) is 0 Å². The molecule has 0 bridgehead atoms. The van der Waals surface area contributed by atoms with E-state index in [0.29, 0.717) is 18.9 Å². The molecule has 0 unspecified atom stereocenters. The lowest BCUT2D eigenvalue weighted by Gasteiger charge is -2.11. The quantitative estimate of drug-likeness (QED) is 0.761. The van der Waals surface area contributed by atoms with Crippen LogP contribution in [0.5, 0.6) is 11.5 Å². The summed E-state index contributed by atoms with van der Waals surface area (Å²) in [6, 6.07) is 9.31. The zero-order valence-corrected chi connectivity index (χ0v) is 9.83. The maximum Gasteiger partial charge on any atom is 0.166 e. The van der Waals surface area contributed by atoms with Crippen LogP contribution in [0, 0.1) is 0 Å². The second kappa shape index (κ2) is 4.56. The van der Waals surface area contributed by atoms with Gasteiger partial charge in [0.25, 0.3) is 0 Å². The first-order valence-corrected chi connectivity index (χ1v) is 5.91. The standard InChI is InChI=1S/C14H13NO3/c16-10-12-3-1-6-15(12)11-4-5-13-14(9-11)18-8-2-7-17-13/h1,3-6,9-10H,2,7-8H2. The lowest BCUT2D eigenvalue weighted by molar-refractivity contribution is 0.111. The number of rotatable bonds is 2. The van der Waals surface area contributed by atoms with Gasteiger partial charge in [-0.15, -0.1) is 0 Å². The molecule has 0 atom stereocenters. The van der Waals surface area contributed by atoms with Crippen LogP contribution in [0.1, 0.15) is 16.9 Å². The van der Waals surface area contributed by atoms with Gasteiger partial charge in [0.05, 0.1) is 18.9 Å². The summed E-state index contributed by atoms with van der Waals surface area (Å²) in [5.41, 5.74) is 1.51. The Morgan fingerprint density at radius 1 is 1.11 bits per heavy atom. The van der Waals surface area contributed by atoms with Crippen molar-refractivity contribution in [3.63, 3.8) is 0 Å². The summed E-state index contributed by atoms with van der Waals surface area (Å²) in [6.07, 6.45) is 3.57. The lowest BCUT2D eigenvalue weighted by atomic mass is 10.2. The molecule has 3 rings (SSSR count). The highest BCUT2D eigenvalue weighted by Gasteiger charge is 2.12. The molecule has 2 aromatic rings. The minimum atomic E-state index is 0.615. The summed E-state index contributed by atoms with van der Waals surface area (Å²) in [5, 5.41) is 0. The molecule has 1 aliphatic rings. The average molecular weight is 243 g/mol. The van der Waals surface area contributed by atoms with Gasteiger partial charge in [0.1, 0.15) is 0 Å². The van der Waals surface area contributed by atoms with Gasteiger partial charge in [-0.3, -0.25) is 4.79 Å². The van der Waals surface area contributed by atoms with Gasteiger partial charge in [-0.2, -0.15) is 0 Å². The molecule has 92 valence electrons. The van der Waals surface area contributed by atoms with Gasteiger partial charge in [0, 0.05) is 24.4 Å². The summed E-state index contributed by atoms with van der Waals surface area (Å²) in [4.78, 5) is 10.9. The summed E-state index contributed by atoms with van der Waals surface area (Å²) in [5.74, 6) is 1.49. The van der Waals surface area contributed by atoms with Crippen LogP contribution in [0.15, 0.2) is 36.5 Å². The van der Waals surface area contributed by atoms with Gasteiger partial charge in [0.15, 0.2) is 17.8 Å². The van der Waals surface area contributed by atoms with E-state index >= 15 is 0 Å². The molecule has 0 saturated carbocycles. The van der Waals surface area contributed by atoms with Crippen molar-refractivity contribution in [2.24, 2.45) is 0 Å². The van der Waals surface area contributed by atoms with Gasteiger partial charge in [0.2, 0.25) is 0 Å². The molecular formula is C14H13NO3. The summed E-state index contributed by atoms with van der Waals surface area (Å²) < 4.78 is 13.0. The number of benzene rings is 1. The molecule has 0 amide bonds. The Hall–Kier alpha value is -2.23. The Labute approximate surface area is 105 Å². The molecule has 4 nitrogen and oxygen atoms in total. The number of aromatic nitrogens is 1. The molecule has 0 N–H and O–H groups in total. The highest BCUT2D eigenvalue weighted by atomic mass is 16.5. The fraction of sp³-hybridized carbons (Fsp3) is 0.214. The van der Waals surface area contributed by atoms with Gasteiger partial charge < -0.3 is 14.0 Å². The summed E-state index contributed by atoms with van der Waals surface area (Å²) in [7, 11) is 0. The van der Waals surface area contributed by atoms with E-state index in [-0.39, 0.29) is 0 Å². The first-order chi connectivity index (χ1) is 8.88. The van der Waals surface area contributed by atoms with Crippen LogP contribution in [0.2, 0.25) is 0 Å². The second-order valence-corrected chi connectivity index (χ2v) is 4.10. The van der Waals surface area contributed by atoms with E-state index in [0.717, 1.165) is 29.9 Å². The molecule has 1 aliphatic heterocycles. The van der Waals surface area contributed by atoms with E-state index in [1.165, 1.54) is 0 Å². The van der Waals surface area contributed by atoms with E-state index in [4.69, 9.17) is 9.47 Å². The van der Waals surface area contributed by atoms with E-state index < -0.39 is 0 Å². The highest BCUT2D eigenvalue weighted by Crippen LogP contribution is 2.31. The van der Waals surface area contributed by atoms with Crippen molar-refractivity contribution in [2.75, 3.05) is 13.2 Å². The average Bonchev–Trinajstić information content (AvgIpc) is 2.76. The predicted octanol–water partition coefficient (Wildman–Crippen LogP) is 2.45. The number of aldehydes is 1. The van der Waals surface area contributed by atoms with Crippen molar-refractivity contribution < 1.29 is 14.3 Å². The van der Waals surface area contributed by atoms with E-state index in [9.17, 15) is 4.79 Å². The Balaban J connectivity index is 2.04. The molecule has 0 aliphatic carbocycles. The molecule has 0 fully saturated rings. The molecule has 4 heteroatoms. The van der Waals surface area contributed by atoms with Crippen LogP contribution >= 0.6 is 0 Å². The molecule has 1 aromatic heterocycles. The van der Waals surface area contributed by atoms with E-state index in [2.05, 4.69) is 0 Å². The maximum absolute atomic E-state index is 10.9. The van der Waals surface area contributed by atoms with Crippen molar-refractivity contribution in [2.45, 2.75) is 6.42 Å². The van der Waals surface area contributed by atoms with Crippen molar-refractivity contribution in [1.82, 2.24) is 4.57 Å². The molecule has 18 heavy (non-hydrogen) atoms. The fourth-order valence-corrected chi connectivity index (χ4v) is 2.03. The van der Waals surface area contributed by atoms with Gasteiger partial charge in [-0.25, -0.2) is 0 Å². The monoisotopic (exact) mass is 243 g/mol. The molecule has 2 heterocycles. The number of carbonyl (C=O) groups excluding carboxylic acids is 1. The minimum Gasteiger partial charge on any atom is -0.490 e. The van der Waals surface area contributed by atoms with Crippen molar-refractivity contribution in [3.05, 3.63) is 42.2 Å².